The molecule has 18 nitrogen and oxygen atoms in total. The van der Waals surface area contributed by atoms with Crippen LogP contribution in [0, 0.1) is 81.0 Å². The normalized spacial score (nSPS) is 29.0. The minimum Gasteiger partial charge on any atom is -0.488 e. The average molecular weight is 1140 g/mol. The molecule has 0 spiro atoms. The molecule has 7 amide bonds. The van der Waals surface area contributed by atoms with Crippen LogP contribution >= 0.6 is 0 Å². The molecule has 0 unspecified atom stereocenters. The molecule has 5 aliphatic rings. The van der Waals surface area contributed by atoms with Crippen molar-refractivity contribution in [2.45, 2.75) is 126 Å². The topological polar surface area (TPSA) is 241 Å². The molecule has 4 aromatic carbocycles. The summed E-state index contributed by atoms with van der Waals surface area (Å²) >= 11 is 0. The minimum absolute atomic E-state index is 0.00380. The minimum atomic E-state index is -0.526. The van der Waals surface area contributed by atoms with Crippen molar-refractivity contribution >= 4 is 64.1 Å². The smallest absolute Gasteiger partial charge is 0.255 e. The quantitative estimate of drug-likeness (QED) is 0.0818. The van der Waals surface area contributed by atoms with Gasteiger partial charge in [-0.05, 0) is 185 Å². The zero-order chi connectivity index (χ0) is 59.4. The standard InChI is InChI=1S/C65H83N7O11/c1-33-17-43-28-45(19-33)66-61(75)47-30-53(41(9)25-37(47)5)69-64(78)50-21-35(3)23-55-57(50)82-15-13-80-11-12-81-14-16-83-58-51(22-36(4)24-56(58)72-63(77)49-32-52(68-59(43)73)40(8)27-39(49)7)65(79)70-54-31-48(38(6)26-42(54)10)62(76)67-46-20-34(2)18-44(29-46)60(74)71-55/h17-24,28-29,37-42,47-49,52-54H,11-16,25-27,30-32H2,1-10H3,(H,66,75)(H,67,76)(H,68,73)(H,69,78)(H,70,79)(H,71,74)(H,72,77)/t37-,38-,39-,40+,41+,42+,47+,48+,49+,52+,53+,54+/m1/s1. The van der Waals surface area contributed by atoms with Gasteiger partial charge >= 0.3 is 0 Å². The van der Waals surface area contributed by atoms with E-state index in [4.69, 9.17) is 18.9 Å². The van der Waals surface area contributed by atoms with Crippen LogP contribution in [0.2, 0.25) is 0 Å². The molecule has 9 rings (SSSR count). The number of aryl methyl sites for hydroxylation is 4. The van der Waals surface area contributed by atoms with Crippen molar-refractivity contribution in [1.29, 1.82) is 0 Å². The number of carbonyl (C=O) groups excluding carboxylic acids is 7. The highest BCUT2D eigenvalue weighted by Crippen LogP contribution is 2.41. The number of rotatable bonds is 0. The van der Waals surface area contributed by atoms with Gasteiger partial charge in [0.2, 0.25) is 17.7 Å². The molecule has 4 aromatic rings. The molecule has 83 heavy (non-hydrogen) atoms. The van der Waals surface area contributed by atoms with Crippen LogP contribution in [0.1, 0.15) is 144 Å². The van der Waals surface area contributed by atoms with Gasteiger partial charge in [0.1, 0.15) is 13.2 Å². The number of benzene rings is 4. The van der Waals surface area contributed by atoms with E-state index in [0.29, 0.717) is 72.3 Å². The summed E-state index contributed by atoms with van der Waals surface area (Å²) in [5.74, 6) is -3.83. The Hall–Kier alpha value is -7.31. The molecule has 7 N–H and O–H groups in total. The summed E-state index contributed by atoms with van der Waals surface area (Å²) in [7, 11) is 0. The second-order valence-corrected chi connectivity index (χ2v) is 24.7. The number of amides is 7. The monoisotopic (exact) mass is 1140 g/mol. The first kappa shape index (κ1) is 60.3. The van der Waals surface area contributed by atoms with E-state index in [1.807, 2.05) is 54.5 Å². The Morgan fingerprint density at radius 2 is 0.699 bits per heavy atom. The summed E-state index contributed by atoms with van der Waals surface area (Å²) in [6, 6.07) is 16.1. The van der Waals surface area contributed by atoms with Crippen LogP contribution < -0.4 is 46.7 Å². The van der Waals surface area contributed by atoms with Gasteiger partial charge in [-0.3, -0.25) is 33.6 Å². The van der Waals surface area contributed by atoms with Gasteiger partial charge in [-0.15, -0.1) is 0 Å². The Morgan fingerprint density at radius 3 is 1.12 bits per heavy atom. The second-order valence-electron chi connectivity index (χ2n) is 24.7. The fourth-order valence-corrected chi connectivity index (χ4v) is 13.4. The number of hydrogen-bond donors (Lipinski definition) is 7. The molecule has 12 atom stereocenters. The van der Waals surface area contributed by atoms with Gasteiger partial charge in [-0.1, -0.05) is 41.5 Å². The molecule has 0 radical (unpaired) electrons. The SMILES string of the molecule is Cc1cc2cc(c1)C(=O)Nc1cc(C)cc3c1OCCOCCOCCOc1c(cc(C)cc1C(=O)N[C@H]1C[C@H](C(=O)N2)[C@H](C)C[C@@H]1C)NC(=O)[C@H]1C[C@H](NC(=O)c2cc(C)cc(c2)NC(=O)[C@H]2C[C@H](NC3=O)[C@@H](C)C[C@H]2C)[C@@H](C)C[C@H]1C. The van der Waals surface area contributed by atoms with Crippen molar-refractivity contribution in [2.24, 2.45) is 53.3 Å². The fourth-order valence-electron chi connectivity index (χ4n) is 13.4. The van der Waals surface area contributed by atoms with E-state index in [0.717, 1.165) is 11.1 Å². The summed E-state index contributed by atoms with van der Waals surface area (Å²) in [5, 5.41) is 22.1. The predicted molar refractivity (Wildman–Crippen MR) is 318 cm³/mol. The Labute approximate surface area is 487 Å². The van der Waals surface area contributed by atoms with Gasteiger partial charge in [0.15, 0.2) is 11.5 Å². The highest BCUT2D eigenvalue weighted by molar-refractivity contribution is 6.09. The summed E-state index contributed by atoms with van der Waals surface area (Å²) in [4.78, 5) is 102. The van der Waals surface area contributed by atoms with E-state index in [9.17, 15) is 33.6 Å². The summed E-state index contributed by atoms with van der Waals surface area (Å²) in [6.07, 6.45) is 2.98. The van der Waals surface area contributed by atoms with Crippen LogP contribution in [0.5, 0.6) is 11.5 Å². The Kier molecular flexibility index (Phi) is 18.9. The lowest BCUT2D eigenvalue weighted by molar-refractivity contribution is -0.123. The van der Waals surface area contributed by atoms with Gasteiger partial charge in [-0.25, -0.2) is 0 Å². The summed E-state index contributed by atoms with van der Waals surface area (Å²) in [5.41, 5.74) is 5.30. The fraction of sp³-hybridized carbons (Fsp3) is 0.523. The van der Waals surface area contributed by atoms with Crippen molar-refractivity contribution < 1.29 is 52.5 Å². The lowest BCUT2D eigenvalue weighted by atomic mass is 9.72. The maximum absolute atomic E-state index is 14.8. The van der Waals surface area contributed by atoms with Crippen LogP contribution in [0.15, 0.2) is 60.7 Å². The Morgan fingerprint density at radius 1 is 0.349 bits per heavy atom. The van der Waals surface area contributed by atoms with Crippen LogP contribution in [0.4, 0.5) is 22.7 Å². The molecule has 444 valence electrons. The molecule has 3 fully saturated rings. The predicted octanol–water partition coefficient (Wildman–Crippen LogP) is 9.55. The van der Waals surface area contributed by atoms with Crippen molar-refractivity contribution in [3.8, 4) is 11.5 Å². The van der Waals surface area contributed by atoms with Crippen LogP contribution in [0.3, 0.4) is 0 Å². The lowest BCUT2D eigenvalue weighted by Crippen LogP contribution is -2.48. The van der Waals surface area contributed by atoms with E-state index < -0.39 is 47.6 Å². The third kappa shape index (κ3) is 14.4. The number of anilines is 4. The maximum atomic E-state index is 14.8. The van der Waals surface area contributed by atoms with E-state index in [1.165, 1.54) is 0 Å². The van der Waals surface area contributed by atoms with E-state index in [1.54, 1.807) is 54.6 Å². The summed E-state index contributed by atoms with van der Waals surface area (Å²) in [6.45, 7) is 20.2. The molecule has 18 heteroatoms. The van der Waals surface area contributed by atoms with Gasteiger partial charge < -0.3 is 56.2 Å². The number of ether oxygens (including phenoxy) is 4. The van der Waals surface area contributed by atoms with Crippen LogP contribution in [-0.4, -0.2) is 99.1 Å². The van der Waals surface area contributed by atoms with Crippen LogP contribution in [-0.2, 0) is 23.9 Å². The molecule has 2 aliphatic heterocycles. The van der Waals surface area contributed by atoms with Crippen molar-refractivity contribution in [1.82, 2.24) is 16.0 Å². The first-order valence-corrected chi connectivity index (χ1v) is 29.7. The van der Waals surface area contributed by atoms with Gasteiger partial charge in [-0.2, -0.15) is 0 Å². The highest BCUT2D eigenvalue weighted by Gasteiger charge is 2.42. The van der Waals surface area contributed by atoms with Crippen LogP contribution in [0.25, 0.3) is 0 Å². The Bertz CT molecular complexity index is 3140. The average Bonchev–Trinajstić information content (AvgIpc) is 3.60. The highest BCUT2D eigenvalue weighted by atomic mass is 16.6. The molecule has 3 saturated carbocycles. The Balaban J connectivity index is 1.12. The number of nitrogens with one attached hydrogen (secondary N) is 7. The molecular weight excluding hydrogens is 1050 g/mol. The maximum Gasteiger partial charge on any atom is 0.255 e. The first-order valence-electron chi connectivity index (χ1n) is 29.7. The summed E-state index contributed by atoms with van der Waals surface area (Å²) < 4.78 is 24.8. The van der Waals surface area contributed by atoms with Crippen molar-refractivity contribution in [2.75, 3.05) is 60.9 Å². The molecule has 0 saturated heterocycles. The van der Waals surface area contributed by atoms with E-state index >= 15 is 0 Å². The third-order valence-electron chi connectivity index (χ3n) is 17.8. The van der Waals surface area contributed by atoms with Gasteiger partial charge in [0.05, 0.1) is 48.9 Å². The molecule has 12 bridgehead atoms. The van der Waals surface area contributed by atoms with E-state index in [-0.39, 0.29) is 139 Å². The largest absolute Gasteiger partial charge is 0.488 e. The molecule has 3 aliphatic carbocycles. The first-order chi connectivity index (χ1) is 39.6. The molecular formula is C65H83N7O11. The van der Waals surface area contributed by atoms with Gasteiger partial charge in [0, 0.05) is 58.4 Å². The van der Waals surface area contributed by atoms with Crippen molar-refractivity contribution in [3.63, 3.8) is 0 Å². The second kappa shape index (κ2) is 26.1. The number of carbonyl (C=O) groups is 7. The van der Waals surface area contributed by atoms with Crippen molar-refractivity contribution in [3.05, 3.63) is 105 Å². The number of fused-ring (bicyclic) bond motifs is 19. The lowest BCUT2D eigenvalue weighted by Gasteiger charge is -2.39. The molecule has 0 aromatic heterocycles. The third-order valence-corrected chi connectivity index (χ3v) is 17.8. The number of hydrogen-bond acceptors (Lipinski definition) is 11. The zero-order valence-corrected chi connectivity index (χ0v) is 49.7. The zero-order valence-electron chi connectivity index (χ0n) is 49.7. The molecule has 2 heterocycles. The van der Waals surface area contributed by atoms with E-state index in [2.05, 4.69) is 58.0 Å². The van der Waals surface area contributed by atoms with Gasteiger partial charge in [0.25, 0.3) is 23.6 Å².